The van der Waals surface area contributed by atoms with Gasteiger partial charge in [-0.1, -0.05) is 0 Å². The first-order valence-electron chi connectivity index (χ1n) is 2.25. The van der Waals surface area contributed by atoms with Crippen molar-refractivity contribution in [3.63, 3.8) is 0 Å². The summed E-state index contributed by atoms with van der Waals surface area (Å²) >= 11 is 0. The second-order valence-electron chi connectivity index (χ2n) is 2.50. The summed E-state index contributed by atoms with van der Waals surface area (Å²) in [6.07, 6.45) is 0. The van der Waals surface area contributed by atoms with E-state index >= 15 is 0 Å². The smallest absolute Gasteiger partial charge is 0.0755 e. The average Bonchev–Trinajstić information content (AvgIpc) is 1.35. The van der Waals surface area contributed by atoms with Crippen molar-refractivity contribution in [3.05, 3.63) is 0 Å². The molecule has 0 aliphatic carbocycles. The maximum Gasteiger partial charge on any atom is 0.0755 e. The molecule has 2 nitrogen and oxygen atoms in total. The fourth-order valence-corrected chi connectivity index (χ4v) is 0. The molecule has 0 aromatic rings. The van der Waals surface area contributed by atoms with Gasteiger partial charge < -0.3 is 11.1 Å². The molecule has 0 aliphatic heterocycles. The van der Waals surface area contributed by atoms with E-state index in [4.69, 9.17) is 0 Å². The molecule has 46 valence electrons. The van der Waals surface area contributed by atoms with E-state index in [1.807, 2.05) is 0 Å². The van der Waals surface area contributed by atoms with Crippen molar-refractivity contribution in [3.8, 4) is 0 Å². The largest absolute Gasteiger partial charge is 0.344 e. The highest BCUT2D eigenvalue weighted by Gasteiger charge is 2.01. The number of nitrogens with one attached hydrogen (secondary N) is 1. The molecule has 0 rings (SSSR count). The third-order valence-electron chi connectivity index (χ3n) is 0.750. The Labute approximate surface area is 48.8 Å². The van der Waals surface area contributed by atoms with E-state index in [1.54, 1.807) is 0 Å². The molecule has 0 aromatic heterocycles. The van der Waals surface area contributed by atoms with Gasteiger partial charge in [0.15, 0.2) is 0 Å². The van der Waals surface area contributed by atoms with Gasteiger partial charge >= 0.3 is 0 Å². The maximum atomic E-state index is 3.24. The van der Waals surface area contributed by atoms with Crippen molar-refractivity contribution in [1.29, 1.82) is 0 Å². The molecule has 0 saturated carbocycles. The summed E-state index contributed by atoms with van der Waals surface area (Å²) in [4.78, 5) is 3.24. The first kappa shape index (κ1) is 10.2. The van der Waals surface area contributed by atoms with Crippen LogP contribution < -0.4 is 11.1 Å². The van der Waals surface area contributed by atoms with Crippen molar-refractivity contribution >= 4 is 10.4 Å². The van der Waals surface area contributed by atoms with Gasteiger partial charge in [-0.25, -0.2) is 0 Å². The van der Waals surface area contributed by atoms with Crippen LogP contribution in [0.15, 0.2) is 0 Å². The van der Waals surface area contributed by atoms with Gasteiger partial charge in [-0.05, 0) is 20.8 Å². The van der Waals surface area contributed by atoms with Crippen LogP contribution in [0.4, 0.5) is 0 Å². The standard InChI is InChI=1S/C4H13NSi.H3N/c1-4(2,3)5-6;/h5H,1-3,6H3;1H3. The predicted molar refractivity (Wildman–Crippen MR) is 37.8 cm³/mol. The van der Waals surface area contributed by atoms with Crippen LogP contribution in [0.2, 0.25) is 0 Å². The Morgan fingerprint density at radius 2 is 1.43 bits per heavy atom. The van der Waals surface area contributed by atoms with Crippen LogP contribution in [-0.4, -0.2) is 15.9 Å². The lowest BCUT2D eigenvalue weighted by molar-refractivity contribution is 0.528. The van der Waals surface area contributed by atoms with E-state index in [0.29, 0.717) is 5.54 Å². The van der Waals surface area contributed by atoms with Crippen molar-refractivity contribution in [2.45, 2.75) is 26.3 Å². The Morgan fingerprint density at radius 1 is 1.29 bits per heavy atom. The normalized spacial score (nSPS) is 10.7. The van der Waals surface area contributed by atoms with Gasteiger partial charge in [0.1, 0.15) is 0 Å². The van der Waals surface area contributed by atoms with E-state index < -0.39 is 0 Å². The molecular weight excluding hydrogens is 104 g/mol. The minimum Gasteiger partial charge on any atom is -0.344 e. The summed E-state index contributed by atoms with van der Waals surface area (Å²) in [5.41, 5.74) is 0.353. The van der Waals surface area contributed by atoms with Gasteiger partial charge in [-0.3, -0.25) is 0 Å². The van der Waals surface area contributed by atoms with Crippen LogP contribution in [-0.2, 0) is 0 Å². The Hall–Kier alpha value is 0.137. The highest BCUT2D eigenvalue weighted by atomic mass is 28.2. The summed E-state index contributed by atoms with van der Waals surface area (Å²) in [6.45, 7) is 6.50. The fourth-order valence-electron chi connectivity index (χ4n) is 0. The minimum atomic E-state index is 0. The van der Waals surface area contributed by atoms with Crippen LogP contribution in [0, 0.1) is 0 Å². The maximum absolute atomic E-state index is 3.24. The molecule has 0 atom stereocenters. The lowest BCUT2D eigenvalue weighted by atomic mass is 10.1. The average molecular weight is 120 g/mol. The second kappa shape index (κ2) is 3.18. The molecule has 0 aliphatic rings. The van der Waals surface area contributed by atoms with E-state index in [1.165, 1.54) is 0 Å². The molecule has 0 saturated heterocycles. The molecule has 0 amide bonds. The Kier molecular flexibility index (Phi) is 4.63. The lowest BCUT2D eigenvalue weighted by Crippen LogP contribution is -2.33. The molecule has 0 radical (unpaired) electrons. The highest BCUT2D eigenvalue weighted by Crippen LogP contribution is 1.93. The SMILES string of the molecule is CC(C)(C)N[SiH3].N. The zero-order valence-corrected chi connectivity index (χ0v) is 7.71. The third-order valence-corrected chi connectivity index (χ3v) is 2.25. The molecule has 7 heavy (non-hydrogen) atoms. The van der Waals surface area contributed by atoms with Gasteiger partial charge in [0.05, 0.1) is 10.4 Å². The van der Waals surface area contributed by atoms with E-state index in [-0.39, 0.29) is 6.15 Å². The zero-order valence-electron chi connectivity index (χ0n) is 5.71. The number of hydrogen-bond acceptors (Lipinski definition) is 2. The first-order chi connectivity index (χ1) is 2.56. The van der Waals surface area contributed by atoms with Gasteiger partial charge in [-0.15, -0.1) is 0 Å². The molecule has 4 N–H and O–H groups in total. The molecule has 0 heterocycles. The predicted octanol–water partition coefficient (Wildman–Crippen LogP) is -0.183. The monoisotopic (exact) mass is 120 g/mol. The van der Waals surface area contributed by atoms with Crippen molar-refractivity contribution in [1.82, 2.24) is 11.1 Å². The van der Waals surface area contributed by atoms with E-state index in [9.17, 15) is 0 Å². The van der Waals surface area contributed by atoms with Crippen molar-refractivity contribution in [2.24, 2.45) is 0 Å². The van der Waals surface area contributed by atoms with E-state index in [0.717, 1.165) is 10.4 Å². The van der Waals surface area contributed by atoms with Crippen molar-refractivity contribution in [2.75, 3.05) is 0 Å². The molecule has 0 aromatic carbocycles. The summed E-state index contributed by atoms with van der Waals surface area (Å²) in [5, 5.41) is 0. The highest BCUT2D eigenvalue weighted by molar-refractivity contribution is 6.04. The quantitative estimate of drug-likeness (QED) is 0.436. The van der Waals surface area contributed by atoms with Crippen LogP contribution in [0.1, 0.15) is 20.8 Å². The second-order valence-corrected chi connectivity index (χ2v) is 3.00. The van der Waals surface area contributed by atoms with Crippen LogP contribution >= 0.6 is 0 Å². The summed E-state index contributed by atoms with van der Waals surface area (Å²) in [5.74, 6) is 0. The molecule has 3 heteroatoms. The van der Waals surface area contributed by atoms with Crippen molar-refractivity contribution < 1.29 is 0 Å². The molecule has 0 unspecified atom stereocenters. The van der Waals surface area contributed by atoms with Gasteiger partial charge in [0.2, 0.25) is 0 Å². The molecule has 0 bridgehead atoms. The van der Waals surface area contributed by atoms with Gasteiger partial charge in [0, 0.05) is 5.54 Å². The van der Waals surface area contributed by atoms with Crippen LogP contribution in [0.5, 0.6) is 0 Å². The Balaban J connectivity index is 0. The topological polar surface area (TPSA) is 47.0 Å². The summed E-state index contributed by atoms with van der Waals surface area (Å²) < 4.78 is 0. The Bertz CT molecular complexity index is 39.4. The zero-order chi connectivity index (χ0) is 5.21. The summed E-state index contributed by atoms with van der Waals surface area (Å²) in [6, 6.07) is 0. The number of hydrogen-bond donors (Lipinski definition) is 2. The van der Waals surface area contributed by atoms with Gasteiger partial charge in [0.25, 0.3) is 0 Å². The molecule has 0 spiro atoms. The van der Waals surface area contributed by atoms with Crippen LogP contribution in [0.25, 0.3) is 0 Å². The minimum absolute atomic E-state index is 0. The third kappa shape index (κ3) is 10.7. The summed E-state index contributed by atoms with van der Waals surface area (Å²) in [7, 11) is 1.10. The fraction of sp³-hybridized carbons (Fsp3) is 1.00. The first-order valence-corrected chi connectivity index (χ1v) is 3.25. The van der Waals surface area contributed by atoms with Gasteiger partial charge in [-0.2, -0.15) is 0 Å². The van der Waals surface area contributed by atoms with E-state index in [2.05, 4.69) is 25.8 Å². The van der Waals surface area contributed by atoms with Crippen LogP contribution in [0.3, 0.4) is 0 Å². The lowest BCUT2D eigenvalue weighted by Gasteiger charge is -2.15. The molecular formula is C4H16N2Si. The number of rotatable bonds is 0. The molecule has 0 fully saturated rings. The Morgan fingerprint density at radius 3 is 1.43 bits per heavy atom.